The summed E-state index contributed by atoms with van der Waals surface area (Å²) in [7, 11) is 0. The second-order valence-electron chi connectivity index (χ2n) is 6.41. The van der Waals surface area contributed by atoms with Crippen LogP contribution in [0.15, 0.2) is 40.8 Å². The monoisotopic (exact) mass is 312 g/mol. The van der Waals surface area contributed by atoms with Crippen LogP contribution >= 0.6 is 0 Å². The molecule has 1 aromatic heterocycles. The quantitative estimate of drug-likeness (QED) is 0.911. The summed E-state index contributed by atoms with van der Waals surface area (Å²) in [4.78, 5) is 12.4. The van der Waals surface area contributed by atoms with Crippen molar-refractivity contribution in [2.45, 2.75) is 31.8 Å². The van der Waals surface area contributed by atoms with Gasteiger partial charge in [-0.15, -0.1) is 0 Å². The van der Waals surface area contributed by atoms with Crippen LogP contribution in [0.25, 0.3) is 0 Å². The largest absolute Gasteiger partial charge is 0.431 e. The first-order chi connectivity index (χ1) is 11.2. The molecule has 2 fully saturated rings. The molecule has 2 aliphatic rings. The van der Waals surface area contributed by atoms with E-state index in [1.165, 1.54) is 6.42 Å². The molecular weight excluding hydrogens is 292 g/mol. The fourth-order valence-corrected chi connectivity index (χ4v) is 3.52. The van der Waals surface area contributed by atoms with Crippen LogP contribution in [0.1, 0.15) is 29.0 Å². The van der Waals surface area contributed by atoms with Crippen molar-refractivity contribution < 1.29 is 13.9 Å². The number of hydrogen-bond acceptors (Lipinski definition) is 4. The summed E-state index contributed by atoms with van der Waals surface area (Å²) in [5.41, 5.74) is 0.656. The molecule has 5 nitrogen and oxygen atoms in total. The summed E-state index contributed by atoms with van der Waals surface area (Å²) in [5, 5.41) is 6.62. The highest BCUT2D eigenvalue weighted by molar-refractivity contribution is 5.94. The zero-order chi connectivity index (χ0) is 15.8. The Bertz CT molecular complexity index is 707. The van der Waals surface area contributed by atoms with Crippen molar-refractivity contribution in [3.63, 3.8) is 0 Å². The van der Waals surface area contributed by atoms with Crippen molar-refractivity contribution in [3.8, 4) is 11.7 Å². The Morgan fingerprint density at radius 2 is 2.04 bits per heavy atom. The van der Waals surface area contributed by atoms with Crippen molar-refractivity contribution in [2.75, 3.05) is 6.54 Å². The third-order valence-corrected chi connectivity index (χ3v) is 4.73. The third-order valence-electron chi connectivity index (χ3n) is 4.73. The molecule has 3 atom stereocenters. The third kappa shape index (κ3) is 2.97. The van der Waals surface area contributed by atoms with Gasteiger partial charge in [-0.1, -0.05) is 0 Å². The van der Waals surface area contributed by atoms with E-state index >= 15 is 0 Å². The zero-order valence-corrected chi connectivity index (χ0v) is 13.0. The molecule has 2 bridgehead atoms. The highest BCUT2D eigenvalue weighted by atomic mass is 16.6. The second-order valence-corrected chi connectivity index (χ2v) is 6.41. The topological polar surface area (TPSA) is 63.5 Å². The molecule has 0 spiro atoms. The van der Waals surface area contributed by atoms with E-state index in [2.05, 4.69) is 10.6 Å². The average molecular weight is 312 g/mol. The SMILES string of the molecule is Cc1ccc(Oc2ccc(C(=O)NC3CC4CC3CN4)cc2)o1. The Labute approximate surface area is 135 Å². The summed E-state index contributed by atoms with van der Waals surface area (Å²) >= 11 is 0. The minimum atomic E-state index is -0.0112. The van der Waals surface area contributed by atoms with Crippen LogP contribution in [-0.4, -0.2) is 24.5 Å². The summed E-state index contributed by atoms with van der Waals surface area (Å²) in [6.45, 7) is 2.89. The maximum atomic E-state index is 12.4. The maximum absolute atomic E-state index is 12.4. The van der Waals surface area contributed by atoms with E-state index < -0.39 is 0 Å². The summed E-state index contributed by atoms with van der Waals surface area (Å²) < 4.78 is 11.0. The molecule has 120 valence electrons. The van der Waals surface area contributed by atoms with Gasteiger partial charge in [0.1, 0.15) is 11.5 Å². The van der Waals surface area contributed by atoms with Gasteiger partial charge in [-0.25, -0.2) is 0 Å². The number of furan rings is 1. The lowest BCUT2D eigenvalue weighted by Gasteiger charge is -2.23. The van der Waals surface area contributed by atoms with E-state index in [0.29, 0.717) is 35.3 Å². The smallest absolute Gasteiger partial charge is 0.290 e. The first-order valence-electron chi connectivity index (χ1n) is 8.06. The standard InChI is InChI=1S/C18H20N2O3/c1-11-2-7-17(22-11)23-15-5-3-12(4-6-15)18(21)20-16-9-14-8-13(16)10-19-14/h2-7,13-14,16,19H,8-10H2,1H3,(H,20,21). The molecule has 2 aromatic rings. The molecule has 2 N–H and O–H groups in total. The molecule has 1 aromatic carbocycles. The summed E-state index contributed by atoms with van der Waals surface area (Å²) in [5.74, 6) is 2.47. The number of benzene rings is 1. The Morgan fingerprint density at radius 3 is 2.65 bits per heavy atom. The molecule has 1 saturated heterocycles. The number of nitrogens with one attached hydrogen (secondary N) is 2. The van der Waals surface area contributed by atoms with Gasteiger partial charge in [-0.3, -0.25) is 4.79 Å². The summed E-state index contributed by atoms with van der Waals surface area (Å²) in [6, 6.07) is 11.6. The van der Waals surface area contributed by atoms with Crippen molar-refractivity contribution >= 4 is 5.91 Å². The molecule has 23 heavy (non-hydrogen) atoms. The van der Waals surface area contributed by atoms with Gasteiger partial charge in [0.2, 0.25) is 0 Å². The van der Waals surface area contributed by atoms with Gasteiger partial charge >= 0.3 is 0 Å². The Hall–Kier alpha value is -2.27. The Balaban J connectivity index is 1.38. The predicted molar refractivity (Wildman–Crippen MR) is 85.7 cm³/mol. The van der Waals surface area contributed by atoms with Gasteiger partial charge in [0.05, 0.1) is 0 Å². The number of carbonyl (C=O) groups is 1. The fraction of sp³-hybridized carbons (Fsp3) is 0.389. The molecule has 0 radical (unpaired) electrons. The number of amides is 1. The van der Waals surface area contributed by atoms with Gasteiger partial charge < -0.3 is 19.8 Å². The van der Waals surface area contributed by atoms with Crippen molar-refractivity contribution in [3.05, 3.63) is 47.7 Å². The van der Waals surface area contributed by atoms with Gasteiger partial charge in [0, 0.05) is 30.3 Å². The van der Waals surface area contributed by atoms with Crippen molar-refractivity contribution in [1.29, 1.82) is 0 Å². The summed E-state index contributed by atoms with van der Waals surface area (Å²) in [6.07, 6.45) is 2.22. The lowest BCUT2D eigenvalue weighted by molar-refractivity contribution is 0.0925. The van der Waals surface area contributed by atoms with E-state index in [9.17, 15) is 4.79 Å². The van der Waals surface area contributed by atoms with Crippen molar-refractivity contribution in [1.82, 2.24) is 10.6 Å². The van der Waals surface area contributed by atoms with E-state index in [1.54, 1.807) is 30.3 Å². The number of ether oxygens (including phenoxy) is 1. The molecule has 1 saturated carbocycles. The van der Waals surface area contributed by atoms with Crippen molar-refractivity contribution in [2.24, 2.45) is 5.92 Å². The Kier molecular flexibility index (Phi) is 3.58. The van der Waals surface area contributed by atoms with Crippen LogP contribution in [0.5, 0.6) is 11.7 Å². The number of piperidine rings is 1. The molecular formula is C18H20N2O3. The Morgan fingerprint density at radius 1 is 1.22 bits per heavy atom. The number of aryl methyl sites for hydroxylation is 1. The highest BCUT2D eigenvalue weighted by Crippen LogP contribution is 2.31. The van der Waals surface area contributed by atoms with Crippen LogP contribution < -0.4 is 15.4 Å². The van der Waals surface area contributed by atoms with Crippen LogP contribution in [0, 0.1) is 12.8 Å². The average Bonchev–Trinajstić information content (AvgIpc) is 3.25. The van der Waals surface area contributed by atoms with Crippen LogP contribution in [0.4, 0.5) is 0 Å². The van der Waals surface area contributed by atoms with Gasteiger partial charge in [0.15, 0.2) is 0 Å². The van der Waals surface area contributed by atoms with Crippen LogP contribution in [-0.2, 0) is 0 Å². The zero-order valence-electron chi connectivity index (χ0n) is 13.0. The van der Waals surface area contributed by atoms with E-state index in [4.69, 9.17) is 9.15 Å². The van der Waals surface area contributed by atoms with Gasteiger partial charge in [-0.05, 0) is 56.0 Å². The van der Waals surface area contributed by atoms with E-state index in [0.717, 1.165) is 18.7 Å². The number of hydrogen-bond donors (Lipinski definition) is 2. The first kappa shape index (κ1) is 14.3. The minimum Gasteiger partial charge on any atom is -0.431 e. The van der Waals surface area contributed by atoms with E-state index in [-0.39, 0.29) is 5.91 Å². The van der Waals surface area contributed by atoms with Gasteiger partial charge in [-0.2, -0.15) is 0 Å². The molecule has 1 aliphatic heterocycles. The highest BCUT2D eigenvalue weighted by Gasteiger charge is 2.40. The number of rotatable bonds is 4. The molecule has 4 rings (SSSR count). The lowest BCUT2D eigenvalue weighted by atomic mass is 10.0. The first-order valence-corrected chi connectivity index (χ1v) is 8.06. The van der Waals surface area contributed by atoms with Crippen LogP contribution in [0.3, 0.4) is 0 Å². The molecule has 1 amide bonds. The number of fused-ring (bicyclic) bond motifs is 2. The fourth-order valence-electron chi connectivity index (χ4n) is 3.52. The maximum Gasteiger partial charge on any atom is 0.290 e. The van der Waals surface area contributed by atoms with Gasteiger partial charge in [0.25, 0.3) is 11.9 Å². The molecule has 2 heterocycles. The molecule has 3 unspecified atom stereocenters. The normalized spacial score (nSPS) is 25.5. The molecule has 1 aliphatic carbocycles. The van der Waals surface area contributed by atoms with Crippen LogP contribution in [0.2, 0.25) is 0 Å². The second kappa shape index (κ2) is 5.74. The van der Waals surface area contributed by atoms with E-state index in [1.807, 2.05) is 13.0 Å². The predicted octanol–water partition coefficient (Wildman–Crippen LogP) is 2.86. The molecule has 5 heteroatoms. The number of carbonyl (C=O) groups excluding carboxylic acids is 1. The lowest BCUT2D eigenvalue weighted by Crippen LogP contribution is -2.44. The minimum absolute atomic E-state index is 0.0112.